The number of nitrogens with zero attached hydrogens (tertiary/aromatic N) is 4. The molecule has 2 heterocycles. The molecule has 1 aliphatic heterocycles. The molecule has 1 spiro atoms. The van der Waals surface area contributed by atoms with Crippen LogP contribution in [0.5, 0.6) is 5.75 Å². The standard InChI is InChI=1S/C31H28F8N6O4/c1-40-10-11-49-21-7-4-16(24(32)25(21)33)14-45-28(48)23(26(46)29(44(45)2)8-3-9-29)27(47)43-19-6-5-17(30(34,35)36)12-18(19)20-13-22(31(37,38)39)42-15-41-20/h4-7,12-13,15,40,46H,3,8-11,14H2,1-2H3,(H,43,47). The van der Waals surface area contributed by atoms with E-state index < -0.39 is 87.4 Å². The predicted molar refractivity (Wildman–Crippen MR) is 156 cm³/mol. The highest BCUT2D eigenvalue weighted by Gasteiger charge is 2.55. The summed E-state index contributed by atoms with van der Waals surface area (Å²) in [5.74, 6) is -6.18. The van der Waals surface area contributed by atoms with Crippen LogP contribution in [0.3, 0.4) is 0 Å². The topological polar surface area (TPSA) is 120 Å². The zero-order chi connectivity index (χ0) is 35.9. The van der Waals surface area contributed by atoms with E-state index in [2.05, 4.69) is 20.6 Å². The van der Waals surface area contributed by atoms with Gasteiger partial charge in [-0.15, -0.1) is 0 Å². The first-order valence-corrected chi connectivity index (χ1v) is 14.7. The van der Waals surface area contributed by atoms with Gasteiger partial charge in [0.05, 0.1) is 29.0 Å². The summed E-state index contributed by atoms with van der Waals surface area (Å²) in [7, 11) is 3.05. The first-order valence-electron chi connectivity index (χ1n) is 14.7. The zero-order valence-corrected chi connectivity index (χ0v) is 25.8. The molecule has 0 saturated heterocycles. The molecule has 49 heavy (non-hydrogen) atoms. The number of hydrogen-bond donors (Lipinski definition) is 3. The van der Waals surface area contributed by atoms with Gasteiger partial charge in [0.15, 0.2) is 11.6 Å². The van der Waals surface area contributed by atoms with E-state index in [-0.39, 0.29) is 30.8 Å². The van der Waals surface area contributed by atoms with Crippen molar-refractivity contribution in [2.24, 2.45) is 0 Å². The number of ether oxygens (including phenoxy) is 1. The predicted octanol–water partition coefficient (Wildman–Crippen LogP) is 5.62. The summed E-state index contributed by atoms with van der Waals surface area (Å²) in [5.41, 5.74) is -6.93. The van der Waals surface area contributed by atoms with Crippen molar-refractivity contribution >= 4 is 17.5 Å². The van der Waals surface area contributed by atoms with Gasteiger partial charge in [0.2, 0.25) is 5.82 Å². The van der Waals surface area contributed by atoms with Crippen molar-refractivity contribution in [3.8, 4) is 17.0 Å². The highest BCUT2D eigenvalue weighted by atomic mass is 19.4. The quantitative estimate of drug-likeness (QED) is 0.150. The third-order valence-electron chi connectivity index (χ3n) is 8.40. The van der Waals surface area contributed by atoms with Gasteiger partial charge in [0.25, 0.3) is 11.8 Å². The molecule has 1 aliphatic carbocycles. The van der Waals surface area contributed by atoms with Crippen LogP contribution in [0.4, 0.5) is 40.8 Å². The van der Waals surface area contributed by atoms with Gasteiger partial charge in [-0.25, -0.2) is 19.4 Å². The number of rotatable bonds is 9. The molecular weight excluding hydrogens is 672 g/mol. The second kappa shape index (κ2) is 13.2. The van der Waals surface area contributed by atoms with Crippen LogP contribution in [0.25, 0.3) is 11.3 Å². The Morgan fingerprint density at radius 1 is 1.02 bits per heavy atom. The number of benzene rings is 2. The lowest BCUT2D eigenvalue weighted by atomic mass is 9.72. The Balaban J connectivity index is 1.51. The summed E-state index contributed by atoms with van der Waals surface area (Å²) in [4.78, 5) is 34.3. The van der Waals surface area contributed by atoms with Crippen molar-refractivity contribution in [2.45, 2.75) is 43.7 Å². The summed E-state index contributed by atoms with van der Waals surface area (Å²) in [5, 5.41) is 18.5. The normalized spacial score (nSPS) is 16.6. The fraction of sp³-hybridized carbons (Fsp3) is 0.355. The van der Waals surface area contributed by atoms with Crippen LogP contribution in [0, 0.1) is 11.6 Å². The number of aliphatic hydroxyl groups is 1. The number of hydrazine groups is 1. The van der Waals surface area contributed by atoms with Crippen LogP contribution in [0.15, 0.2) is 54.1 Å². The highest BCUT2D eigenvalue weighted by Crippen LogP contribution is 2.47. The fourth-order valence-corrected chi connectivity index (χ4v) is 5.55. The molecule has 0 atom stereocenters. The molecule has 0 unspecified atom stereocenters. The van der Waals surface area contributed by atoms with E-state index in [1.165, 1.54) is 24.2 Å². The average Bonchev–Trinajstić information content (AvgIpc) is 3.01. The molecule has 2 aliphatic rings. The van der Waals surface area contributed by atoms with Gasteiger partial charge in [0, 0.05) is 24.7 Å². The SMILES string of the molecule is CNCCOc1ccc(CN2C(=O)C(C(=O)Nc3ccc(C(F)(F)F)cc3-c3cc(C(F)(F)F)ncn3)=C(O)C3(CCC3)N2C)c(F)c1F. The summed E-state index contributed by atoms with van der Waals surface area (Å²) in [6.45, 7) is -0.223. The number of aliphatic hydroxyl groups excluding tert-OH is 1. The van der Waals surface area contributed by atoms with E-state index in [1.807, 2.05) is 0 Å². The molecule has 1 fully saturated rings. The molecule has 18 heteroatoms. The minimum atomic E-state index is -4.98. The second-order valence-electron chi connectivity index (χ2n) is 11.3. The van der Waals surface area contributed by atoms with Gasteiger partial charge >= 0.3 is 12.4 Å². The minimum Gasteiger partial charge on any atom is -0.509 e. The number of amides is 2. The molecule has 5 rings (SSSR count). The molecule has 3 N–H and O–H groups in total. The van der Waals surface area contributed by atoms with Gasteiger partial charge in [-0.3, -0.25) is 14.6 Å². The number of carbonyl (C=O) groups excluding carboxylic acids is 2. The summed E-state index contributed by atoms with van der Waals surface area (Å²) in [6, 6.07) is 4.52. The number of anilines is 1. The van der Waals surface area contributed by atoms with E-state index in [0.717, 1.165) is 11.1 Å². The van der Waals surface area contributed by atoms with Crippen molar-refractivity contribution < 1.29 is 54.6 Å². The van der Waals surface area contributed by atoms with E-state index in [0.29, 0.717) is 37.5 Å². The van der Waals surface area contributed by atoms with E-state index >= 15 is 4.39 Å². The molecule has 3 aromatic rings. The van der Waals surface area contributed by atoms with Gasteiger partial charge in [-0.2, -0.15) is 30.7 Å². The maximum Gasteiger partial charge on any atom is 0.433 e. The first-order chi connectivity index (χ1) is 23.0. The molecule has 1 aromatic heterocycles. The van der Waals surface area contributed by atoms with Crippen molar-refractivity contribution in [1.82, 2.24) is 25.3 Å². The summed E-state index contributed by atoms with van der Waals surface area (Å²) >= 11 is 0. The fourth-order valence-electron chi connectivity index (χ4n) is 5.55. The van der Waals surface area contributed by atoms with Crippen LogP contribution in [-0.4, -0.2) is 69.7 Å². The number of nitrogens with one attached hydrogen (secondary N) is 2. The lowest BCUT2D eigenvalue weighted by molar-refractivity contribution is -0.172. The Labute approximate surface area is 273 Å². The molecule has 1 saturated carbocycles. The number of alkyl halides is 6. The Morgan fingerprint density at radius 2 is 1.73 bits per heavy atom. The Kier molecular flexibility index (Phi) is 9.57. The lowest BCUT2D eigenvalue weighted by Gasteiger charge is -2.54. The smallest absolute Gasteiger partial charge is 0.433 e. The maximum atomic E-state index is 15.2. The van der Waals surface area contributed by atoms with Gasteiger partial charge in [0.1, 0.15) is 30.0 Å². The number of halogens is 8. The largest absolute Gasteiger partial charge is 0.509 e. The second-order valence-corrected chi connectivity index (χ2v) is 11.3. The molecule has 10 nitrogen and oxygen atoms in total. The monoisotopic (exact) mass is 700 g/mol. The maximum absolute atomic E-state index is 15.2. The molecule has 0 radical (unpaired) electrons. The Morgan fingerprint density at radius 3 is 2.35 bits per heavy atom. The van der Waals surface area contributed by atoms with Crippen LogP contribution in [-0.2, 0) is 28.5 Å². The van der Waals surface area contributed by atoms with Crippen molar-refractivity contribution in [3.63, 3.8) is 0 Å². The summed E-state index contributed by atoms with van der Waals surface area (Å²) < 4.78 is 116. The minimum absolute atomic E-state index is 0.0337. The molecule has 262 valence electrons. The van der Waals surface area contributed by atoms with Gasteiger partial charge in [-0.1, -0.05) is 6.07 Å². The van der Waals surface area contributed by atoms with Crippen LogP contribution >= 0.6 is 0 Å². The van der Waals surface area contributed by atoms with E-state index in [4.69, 9.17) is 4.74 Å². The average molecular weight is 701 g/mol. The van der Waals surface area contributed by atoms with Crippen LogP contribution in [0.2, 0.25) is 0 Å². The number of likely N-dealkylation sites (N-methyl/N-ethyl adjacent to an activating group) is 2. The van der Waals surface area contributed by atoms with E-state index in [1.54, 1.807) is 7.05 Å². The molecule has 2 aromatic carbocycles. The van der Waals surface area contributed by atoms with E-state index in [9.17, 15) is 45.4 Å². The number of aromatic nitrogens is 2. The first kappa shape index (κ1) is 35.5. The van der Waals surface area contributed by atoms with Crippen LogP contribution in [0.1, 0.15) is 36.1 Å². The lowest BCUT2D eigenvalue weighted by Crippen LogP contribution is -2.65. The summed E-state index contributed by atoms with van der Waals surface area (Å²) in [6.07, 6.45) is -8.42. The molecule has 0 bridgehead atoms. The number of carbonyl (C=O) groups is 2. The third kappa shape index (κ3) is 6.74. The van der Waals surface area contributed by atoms with Crippen molar-refractivity contribution in [1.29, 1.82) is 0 Å². The Bertz CT molecular complexity index is 1810. The number of hydrogen-bond acceptors (Lipinski definition) is 8. The Hall–Kier alpha value is -4.84. The molecule has 2 amide bonds. The van der Waals surface area contributed by atoms with Gasteiger partial charge in [-0.05, 0) is 56.6 Å². The van der Waals surface area contributed by atoms with Crippen molar-refractivity contribution in [2.75, 3.05) is 32.6 Å². The molecular formula is C31H28F8N6O4. The third-order valence-corrected chi connectivity index (χ3v) is 8.40. The zero-order valence-electron chi connectivity index (χ0n) is 25.8. The van der Waals surface area contributed by atoms with Crippen LogP contribution < -0.4 is 15.4 Å². The van der Waals surface area contributed by atoms with Crippen molar-refractivity contribution in [3.05, 3.63) is 82.5 Å². The van der Waals surface area contributed by atoms with Gasteiger partial charge < -0.3 is 20.5 Å². The highest BCUT2D eigenvalue weighted by molar-refractivity contribution is 6.24.